The molecular formula is C12H17BrN2O. The molecule has 0 aromatic heterocycles. The Kier molecular flexibility index (Phi) is 5.49. The molecule has 88 valence electrons. The van der Waals surface area contributed by atoms with Crippen molar-refractivity contribution < 1.29 is 4.79 Å². The van der Waals surface area contributed by atoms with Gasteiger partial charge >= 0.3 is 0 Å². The molecule has 4 heteroatoms. The van der Waals surface area contributed by atoms with E-state index in [2.05, 4.69) is 27.4 Å². The van der Waals surface area contributed by atoms with Crippen molar-refractivity contribution in [3.05, 3.63) is 34.3 Å². The average Bonchev–Trinajstić information content (AvgIpc) is 2.19. The summed E-state index contributed by atoms with van der Waals surface area (Å²) in [4.78, 5) is 11.4. The van der Waals surface area contributed by atoms with Crippen LogP contribution < -0.4 is 5.43 Å². The topological polar surface area (TPSA) is 32.3 Å². The van der Waals surface area contributed by atoms with Crippen LogP contribution in [0.5, 0.6) is 0 Å². The first kappa shape index (κ1) is 13.2. The molecule has 1 aromatic rings. The van der Waals surface area contributed by atoms with E-state index < -0.39 is 0 Å². The molecule has 16 heavy (non-hydrogen) atoms. The van der Waals surface area contributed by atoms with E-state index in [-0.39, 0.29) is 5.91 Å². The number of nitrogens with zero attached hydrogens (tertiary/aromatic N) is 1. The molecule has 0 spiro atoms. The number of amides is 1. The Bertz CT molecular complexity index is 353. The fraction of sp³-hybridized carbons (Fsp3) is 0.417. The van der Waals surface area contributed by atoms with Gasteiger partial charge in [-0.2, -0.15) is 0 Å². The lowest BCUT2D eigenvalue weighted by Gasteiger charge is -2.11. The maximum Gasteiger partial charge on any atom is 0.234 e. The monoisotopic (exact) mass is 284 g/mol. The molecule has 1 rings (SSSR count). The number of benzene rings is 1. The highest BCUT2D eigenvalue weighted by Gasteiger charge is 2.03. The molecule has 0 unspecified atom stereocenters. The largest absolute Gasteiger partial charge is 0.289 e. The Balaban J connectivity index is 2.31. The second kappa shape index (κ2) is 6.66. The molecule has 0 radical (unpaired) electrons. The second-order valence-electron chi connectivity index (χ2n) is 3.87. The zero-order valence-electron chi connectivity index (χ0n) is 9.66. The third-order valence-corrected chi connectivity index (χ3v) is 2.93. The molecule has 0 atom stereocenters. The number of carbonyl (C=O) groups is 1. The van der Waals surface area contributed by atoms with Crippen LogP contribution in [-0.2, 0) is 11.2 Å². The average molecular weight is 285 g/mol. The Labute approximate surface area is 105 Å². The van der Waals surface area contributed by atoms with Gasteiger partial charge in [0.1, 0.15) is 0 Å². The Hall–Kier alpha value is -0.870. The van der Waals surface area contributed by atoms with Gasteiger partial charge in [0, 0.05) is 25.0 Å². The minimum absolute atomic E-state index is 0.0667. The Morgan fingerprint density at radius 1 is 1.38 bits per heavy atom. The summed E-state index contributed by atoms with van der Waals surface area (Å²) in [6.45, 7) is 0. The van der Waals surface area contributed by atoms with Gasteiger partial charge in [-0.05, 0) is 24.5 Å². The van der Waals surface area contributed by atoms with Gasteiger partial charge in [0.05, 0.1) is 0 Å². The van der Waals surface area contributed by atoms with Gasteiger partial charge in [-0.3, -0.25) is 10.2 Å². The zero-order chi connectivity index (χ0) is 12.0. The zero-order valence-corrected chi connectivity index (χ0v) is 11.3. The molecule has 1 aromatic carbocycles. The molecule has 0 aliphatic rings. The van der Waals surface area contributed by atoms with Crippen LogP contribution in [0, 0.1) is 0 Å². The van der Waals surface area contributed by atoms with E-state index in [4.69, 9.17) is 0 Å². The summed E-state index contributed by atoms with van der Waals surface area (Å²) >= 11 is 3.50. The Morgan fingerprint density at radius 3 is 2.69 bits per heavy atom. The lowest BCUT2D eigenvalue weighted by Crippen LogP contribution is -2.35. The lowest BCUT2D eigenvalue weighted by atomic mass is 10.1. The van der Waals surface area contributed by atoms with Gasteiger partial charge < -0.3 is 0 Å². The van der Waals surface area contributed by atoms with Crippen molar-refractivity contribution in [1.82, 2.24) is 10.4 Å². The van der Waals surface area contributed by atoms with Crippen molar-refractivity contribution in [3.63, 3.8) is 0 Å². The number of carbonyl (C=O) groups excluding carboxylic acids is 1. The third-order valence-electron chi connectivity index (χ3n) is 2.16. The fourth-order valence-electron chi connectivity index (χ4n) is 1.45. The van der Waals surface area contributed by atoms with Gasteiger partial charge in [0.15, 0.2) is 0 Å². The third kappa shape index (κ3) is 4.77. The number of nitrogens with one attached hydrogen (secondary N) is 1. The molecule has 0 heterocycles. The number of aryl methyl sites for hydroxylation is 1. The first-order valence-electron chi connectivity index (χ1n) is 5.30. The van der Waals surface area contributed by atoms with E-state index in [1.807, 2.05) is 32.3 Å². The van der Waals surface area contributed by atoms with Crippen molar-refractivity contribution in [2.75, 3.05) is 14.1 Å². The maximum atomic E-state index is 11.4. The molecule has 0 fully saturated rings. The highest BCUT2D eigenvalue weighted by atomic mass is 79.9. The molecule has 0 aliphatic heterocycles. The smallest absolute Gasteiger partial charge is 0.234 e. The number of rotatable bonds is 5. The van der Waals surface area contributed by atoms with Crippen molar-refractivity contribution in [2.45, 2.75) is 19.3 Å². The minimum atomic E-state index is 0.0667. The van der Waals surface area contributed by atoms with Gasteiger partial charge in [0.25, 0.3) is 0 Å². The summed E-state index contributed by atoms with van der Waals surface area (Å²) in [6.07, 6.45) is 2.34. The van der Waals surface area contributed by atoms with E-state index in [1.54, 1.807) is 5.01 Å². The first-order valence-corrected chi connectivity index (χ1v) is 6.09. The van der Waals surface area contributed by atoms with Gasteiger partial charge in [0.2, 0.25) is 5.91 Å². The standard InChI is InChI=1S/C12H17BrN2O/c1-15(2)14-12(16)9-5-7-10-6-3-4-8-11(10)13/h3-4,6,8H,5,7,9H2,1-2H3,(H,14,16). The first-order chi connectivity index (χ1) is 7.59. The van der Waals surface area contributed by atoms with Gasteiger partial charge in [-0.15, -0.1) is 0 Å². The van der Waals surface area contributed by atoms with Crippen molar-refractivity contribution in [3.8, 4) is 0 Å². The SMILES string of the molecule is CN(C)NC(=O)CCCc1ccccc1Br. The van der Waals surface area contributed by atoms with E-state index in [9.17, 15) is 4.79 Å². The molecule has 0 saturated heterocycles. The second-order valence-corrected chi connectivity index (χ2v) is 4.73. The van der Waals surface area contributed by atoms with E-state index in [0.29, 0.717) is 6.42 Å². The van der Waals surface area contributed by atoms with Crippen LogP contribution in [-0.4, -0.2) is 25.0 Å². The van der Waals surface area contributed by atoms with Crippen LogP contribution in [0.15, 0.2) is 28.7 Å². The molecule has 1 N–H and O–H groups in total. The maximum absolute atomic E-state index is 11.4. The Morgan fingerprint density at radius 2 is 2.06 bits per heavy atom. The van der Waals surface area contributed by atoms with Crippen LogP contribution in [0.1, 0.15) is 18.4 Å². The normalized spacial score (nSPS) is 10.5. The van der Waals surface area contributed by atoms with E-state index >= 15 is 0 Å². The van der Waals surface area contributed by atoms with Crippen LogP contribution in [0.3, 0.4) is 0 Å². The molecule has 3 nitrogen and oxygen atoms in total. The summed E-state index contributed by atoms with van der Waals surface area (Å²) in [5.41, 5.74) is 3.98. The molecule has 0 saturated carbocycles. The number of hydrogen-bond acceptors (Lipinski definition) is 2. The predicted molar refractivity (Wildman–Crippen MR) is 68.9 cm³/mol. The fourth-order valence-corrected chi connectivity index (χ4v) is 1.93. The van der Waals surface area contributed by atoms with E-state index in [0.717, 1.165) is 17.3 Å². The lowest BCUT2D eigenvalue weighted by molar-refractivity contribution is -0.124. The quantitative estimate of drug-likeness (QED) is 0.842. The minimum Gasteiger partial charge on any atom is -0.289 e. The van der Waals surface area contributed by atoms with Crippen molar-refractivity contribution in [2.24, 2.45) is 0 Å². The summed E-state index contributed by atoms with van der Waals surface area (Å²) in [5, 5.41) is 1.67. The summed E-state index contributed by atoms with van der Waals surface area (Å²) in [5.74, 6) is 0.0667. The summed E-state index contributed by atoms with van der Waals surface area (Å²) < 4.78 is 1.11. The van der Waals surface area contributed by atoms with Crippen LogP contribution in [0.4, 0.5) is 0 Å². The number of hydrazine groups is 1. The van der Waals surface area contributed by atoms with E-state index in [1.165, 1.54) is 5.56 Å². The molecular weight excluding hydrogens is 268 g/mol. The predicted octanol–water partition coefficient (Wildman–Crippen LogP) is 2.36. The van der Waals surface area contributed by atoms with Gasteiger partial charge in [-0.1, -0.05) is 34.1 Å². The van der Waals surface area contributed by atoms with Crippen LogP contribution in [0.2, 0.25) is 0 Å². The van der Waals surface area contributed by atoms with Crippen LogP contribution in [0.25, 0.3) is 0 Å². The summed E-state index contributed by atoms with van der Waals surface area (Å²) in [6, 6.07) is 8.11. The number of halogens is 1. The summed E-state index contributed by atoms with van der Waals surface area (Å²) in [7, 11) is 3.62. The van der Waals surface area contributed by atoms with Crippen molar-refractivity contribution >= 4 is 21.8 Å². The van der Waals surface area contributed by atoms with Gasteiger partial charge in [-0.25, -0.2) is 5.01 Å². The highest BCUT2D eigenvalue weighted by Crippen LogP contribution is 2.17. The van der Waals surface area contributed by atoms with Crippen LogP contribution >= 0.6 is 15.9 Å². The highest BCUT2D eigenvalue weighted by molar-refractivity contribution is 9.10. The molecule has 0 bridgehead atoms. The molecule has 0 aliphatic carbocycles. The molecule has 1 amide bonds. The van der Waals surface area contributed by atoms with Crippen molar-refractivity contribution in [1.29, 1.82) is 0 Å². The number of hydrogen-bond donors (Lipinski definition) is 1.